The first kappa shape index (κ1) is 14.2. The number of likely N-dealkylation sites (tertiary alicyclic amines) is 1. The highest BCUT2D eigenvalue weighted by molar-refractivity contribution is 7.13. The Morgan fingerprint density at radius 3 is 3.00 bits per heavy atom. The van der Waals surface area contributed by atoms with Crippen molar-refractivity contribution in [2.75, 3.05) is 6.54 Å². The van der Waals surface area contributed by atoms with Crippen LogP contribution in [0.15, 0.2) is 26.7 Å². The smallest absolute Gasteiger partial charge is 0.387 e. The molecule has 1 aliphatic heterocycles. The van der Waals surface area contributed by atoms with Crippen molar-refractivity contribution in [3.05, 3.63) is 28.1 Å². The first-order valence-corrected chi connectivity index (χ1v) is 9.05. The minimum atomic E-state index is -0.346. The molecule has 22 heavy (non-hydrogen) atoms. The zero-order valence-corrected chi connectivity index (χ0v) is 13.4. The minimum Gasteiger partial charge on any atom is -0.387 e. The molecule has 0 spiro atoms. The van der Waals surface area contributed by atoms with E-state index in [4.69, 9.17) is 4.42 Å². The molecule has 0 amide bonds. The van der Waals surface area contributed by atoms with Gasteiger partial charge < -0.3 is 4.42 Å². The number of hydrogen-bond donors (Lipinski definition) is 0. The third kappa shape index (κ3) is 2.65. The van der Waals surface area contributed by atoms with Crippen molar-refractivity contribution < 1.29 is 4.42 Å². The Labute approximate surface area is 133 Å². The molecule has 0 radical (unpaired) electrons. The van der Waals surface area contributed by atoms with Gasteiger partial charge in [0.25, 0.3) is 5.89 Å². The summed E-state index contributed by atoms with van der Waals surface area (Å²) in [5, 5.41) is 6.35. The van der Waals surface area contributed by atoms with Crippen LogP contribution >= 0.6 is 11.3 Å². The quantitative estimate of drug-likeness (QED) is 0.872. The number of rotatable bonds is 3. The third-order valence-electron chi connectivity index (χ3n) is 5.01. The molecule has 1 saturated carbocycles. The van der Waals surface area contributed by atoms with Gasteiger partial charge in [-0.1, -0.05) is 18.9 Å². The van der Waals surface area contributed by atoms with Gasteiger partial charge in [0.1, 0.15) is 6.67 Å². The lowest BCUT2D eigenvalue weighted by molar-refractivity contribution is 0.0311. The Balaban J connectivity index is 1.54. The molecule has 0 N–H and O–H groups in total. The summed E-state index contributed by atoms with van der Waals surface area (Å²) in [7, 11) is 0. The van der Waals surface area contributed by atoms with E-state index in [1.807, 2.05) is 17.5 Å². The van der Waals surface area contributed by atoms with E-state index in [0.717, 1.165) is 17.3 Å². The maximum Gasteiger partial charge on any atom is 0.438 e. The SMILES string of the molecule is O=c1oc(-c2cccs2)nn1CN1CCC[C@@H]2CCCC[C@@H]21. The zero-order chi connectivity index (χ0) is 14.9. The van der Waals surface area contributed by atoms with E-state index >= 15 is 0 Å². The number of fused-ring (bicyclic) bond motifs is 1. The summed E-state index contributed by atoms with van der Waals surface area (Å²) >= 11 is 1.54. The van der Waals surface area contributed by atoms with Gasteiger partial charge in [-0.2, -0.15) is 4.68 Å². The van der Waals surface area contributed by atoms with Gasteiger partial charge in [-0.3, -0.25) is 4.90 Å². The fourth-order valence-electron chi connectivity index (χ4n) is 3.97. The Morgan fingerprint density at radius 2 is 2.14 bits per heavy atom. The molecule has 1 aliphatic carbocycles. The molecule has 2 aromatic heterocycles. The molecule has 2 aliphatic rings. The van der Waals surface area contributed by atoms with Crippen molar-refractivity contribution in [2.24, 2.45) is 5.92 Å². The van der Waals surface area contributed by atoms with Crippen LogP contribution in [0.2, 0.25) is 0 Å². The second-order valence-corrected chi connectivity index (χ2v) is 7.31. The molecular formula is C16H21N3O2S. The first-order chi connectivity index (χ1) is 10.8. The van der Waals surface area contributed by atoms with Crippen molar-refractivity contribution >= 4 is 11.3 Å². The molecule has 2 aromatic rings. The van der Waals surface area contributed by atoms with E-state index in [9.17, 15) is 4.79 Å². The maximum absolute atomic E-state index is 12.1. The highest BCUT2D eigenvalue weighted by Crippen LogP contribution is 2.35. The fourth-order valence-corrected chi connectivity index (χ4v) is 4.62. The van der Waals surface area contributed by atoms with Crippen molar-refractivity contribution in [3.8, 4) is 10.8 Å². The van der Waals surface area contributed by atoms with Crippen LogP contribution in [0.25, 0.3) is 10.8 Å². The van der Waals surface area contributed by atoms with Crippen LogP contribution in [0.3, 0.4) is 0 Å². The minimum absolute atomic E-state index is 0.346. The van der Waals surface area contributed by atoms with Crippen LogP contribution in [-0.4, -0.2) is 27.3 Å². The highest BCUT2D eigenvalue weighted by atomic mass is 32.1. The molecular weight excluding hydrogens is 298 g/mol. The standard InChI is InChI=1S/C16H21N3O2S/c20-16-19(17-15(21-16)14-8-4-10-22-14)11-18-9-3-6-12-5-1-2-7-13(12)18/h4,8,10,12-13H,1-3,5-7,9,11H2/t12-,13-/m0/s1. The lowest BCUT2D eigenvalue weighted by atomic mass is 9.78. The molecule has 5 nitrogen and oxygen atoms in total. The number of thiophene rings is 1. The largest absolute Gasteiger partial charge is 0.438 e. The molecule has 3 heterocycles. The lowest BCUT2D eigenvalue weighted by Crippen LogP contribution is -2.48. The van der Waals surface area contributed by atoms with E-state index in [1.54, 1.807) is 11.3 Å². The number of piperidine rings is 1. The number of aromatic nitrogens is 2. The van der Waals surface area contributed by atoms with Gasteiger partial charge in [0.2, 0.25) is 0 Å². The highest BCUT2D eigenvalue weighted by Gasteiger charge is 2.33. The summed E-state index contributed by atoms with van der Waals surface area (Å²) in [4.78, 5) is 15.4. The Morgan fingerprint density at radius 1 is 1.27 bits per heavy atom. The van der Waals surface area contributed by atoms with E-state index in [-0.39, 0.29) is 5.76 Å². The molecule has 1 saturated heterocycles. The van der Waals surface area contributed by atoms with Crippen molar-refractivity contribution in [1.29, 1.82) is 0 Å². The Hall–Kier alpha value is -1.40. The van der Waals surface area contributed by atoms with Crippen LogP contribution in [0.5, 0.6) is 0 Å². The summed E-state index contributed by atoms with van der Waals surface area (Å²) in [6.07, 6.45) is 7.85. The van der Waals surface area contributed by atoms with Crippen molar-refractivity contribution in [3.63, 3.8) is 0 Å². The van der Waals surface area contributed by atoms with E-state index in [2.05, 4.69) is 10.00 Å². The van der Waals surface area contributed by atoms with Crippen LogP contribution in [0.1, 0.15) is 38.5 Å². The van der Waals surface area contributed by atoms with Crippen molar-refractivity contribution in [1.82, 2.24) is 14.7 Å². The molecule has 118 valence electrons. The number of hydrogen-bond acceptors (Lipinski definition) is 5. The molecule has 0 bridgehead atoms. The van der Waals surface area contributed by atoms with Crippen LogP contribution in [0, 0.1) is 5.92 Å². The van der Waals surface area contributed by atoms with Crippen LogP contribution in [-0.2, 0) is 6.67 Å². The summed E-state index contributed by atoms with van der Waals surface area (Å²) in [6, 6.07) is 4.49. The Kier molecular flexibility index (Phi) is 3.88. The Bertz CT molecular complexity index is 674. The molecule has 2 atom stereocenters. The summed E-state index contributed by atoms with van der Waals surface area (Å²) in [5.74, 6) is 0.903. The molecule has 4 rings (SSSR count). The maximum atomic E-state index is 12.1. The van der Waals surface area contributed by atoms with E-state index in [0.29, 0.717) is 18.6 Å². The van der Waals surface area contributed by atoms with E-state index < -0.39 is 0 Å². The fraction of sp³-hybridized carbons (Fsp3) is 0.625. The average Bonchev–Trinajstić information content (AvgIpc) is 3.18. The van der Waals surface area contributed by atoms with Crippen LogP contribution in [0.4, 0.5) is 0 Å². The van der Waals surface area contributed by atoms with Gasteiger partial charge in [0, 0.05) is 12.6 Å². The van der Waals surface area contributed by atoms with E-state index in [1.165, 1.54) is 43.2 Å². The van der Waals surface area contributed by atoms with Gasteiger partial charge in [0.15, 0.2) is 0 Å². The predicted octanol–water partition coefficient (Wildman–Crippen LogP) is 3.18. The summed E-state index contributed by atoms with van der Waals surface area (Å²) < 4.78 is 6.81. The van der Waals surface area contributed by atoms with Gasteiger partial charge >= 0.3 is 5.76 Å². The van der Waals surface area contributed by atoms with Crippen molar-refractivity contribution in [2.45, 2.75) is 51.2 Å². The monoisotopic (exact) mass is 319 g/mol. The van der Waals surface area contributed by atoms with Gasteiger partial charge in [-0.05, 0) is 43.0 Å². The summed E-state index contributed by atoms with van der Waals surface area (Å²) in [5.41, 5.74) is 0. The first-order valence-electron chi connectivity index (χ1n) is 8.17. The van der Waals surface area contributed by atoms with Crippen LogP contribution < -0.4 is 5.76 Å². The molecule has 6 heteroatoms. The lowest BCUT2D eigenvalue weighted by Gasteiger charge is -2.43. The number of nitrogens with zero attached hydrogens (tertiary/aromatic N) is 3. The predicted molar refractivity (Wildman–Crippen MR) is 85.8 cm³/mol. The topological polar surface area (TPSA) is 51.3 Å². The zero-order valence-electron chi connectivity index (χ0n) is 12.6. The van der Waals surface area contributed by atoms with Gasteiger partial charge in [-0.25, -0.2) is 4.79 Å². The average molecular weight is 319 g/mol. The molecule has 0 aromatic carbocycles. The second-order valence-electron chi connectivity index (χ2n) is 6.36. The molecule has 0 unspecified atom stereocenters. The summed E-state index contributed by atoms with van der Waals surface area (Å²) in [6.45, 7) is 1.63. The normalized spacial score (nSPS) is 26.0. The third-order valence-corrected chi connectivity index (χ3v) is 5.87. The molecule has 2 fully saturated rings. The van der Waals surface area contributed by atoms with Gasteiger partial charge in [-0.15, -0.1) is 16.4 Å². The second kappa shape index (κ2) is 6.01. The van der Waals surface area contributed by atoms with Gasteiger partial charge in [0.05, 0.1) is 4.88 Å².